The molecule has 1 nitrogen and oxygen atoms in total. The van der Waals surface area contributed by atoms with Crippen LogP contribution >= 0.6 is 0 Å². The highest BCUT2D eigenvalue weighted by Gasteiger charge is 2.38. The first kappa shape index (κ1) is 49.0. The summed E-state index contributed by atoms with van der Waals surface area (Å²) in [5, 5.41) is 0. The fourth-order valence-corrected chi connectivity index (χ4v) is 9.81. The zero-order valence-electron chi connectivity index (χ0n) is 42.8. The Kier molecular flexibility index (Phi) is 15.7. The summed E-state index contributed by atoms with van der Waals surface area (Å²) in [6, 6.07) is 62.2. The van der Waals surface area contributed by atoms with Crippen molar-refractivity contribution in [3.63, 3.8) is 0 Å². The van der Waals surface area contributed by atoms with Crippen molar-refractivity contribution >= 4 is 17.1 Å². The van der Waals surface area contributed by atoms with Crippen molar-refractivity contribution in [2.45, 2.75) is 101 Å². The summed E-state index contributed by atoms with van der Waals surface area (Å²) in [5.74, 6) is 0. The molecule has 8 aromatic rings. The number of para-hydroxylation sites is 1. The molecule has 0 saturated carbocycles. The van der Waals surface area contributed by atoms with Gasteiger partial charge in [-0.1, -0.05) is 191 Å². The Morgan fingerprint density at radius 2 is 0.971 bits per heavy atom. The molecular formula is C67H71N. The van der Waals surface area contributed by atoms with E-state index in [4.69, 9.17) is 0 Å². The smallest absolute Gasteiger partial charge is 0.0491 e. The predicted molar refractivity (Wildman–Crippen MR) is 298 cm³/mol. The highest BCUT2D eigenvalue weighted by atomic mass is 15.1. The standard InChI is InChI=1S/C51H47N.C7H10.C7H8.C2H6/c1-32-15-9-12-18-41(32)44-30-39(23-21-34(44)3)38-24-28-48(37(6)29-38)52(47-20-14-11-17-35(47)4)40-25-26-43-46(31-40)51(7,8)45-27-22-36(5)49(50(43)45)42-19-13-10-16-33(42)2;2*1-7-5-3-2-4-6-7;1-2/h9-31H,1-8H3;3,5-6H,2,4H2,1H3;2-6H,1H3;1-2H3. The lowest BCUT2D eigenvalue weighted by Gasteiger charge is -2.30. The van der Waals surface area contributed by atoms with Crippen LogP contribution in [-0.4, -0.2) is 0 Å². The molecule has 0 radical (unpaired) electrons. The van der Waals surface area contributed by atoms with Crippen molar-refractivity contribution < 1.29 is 0 Å². The maximum absolute atomic E-state index is 2.47. The van der Waals surface area contributed by atoms with E-state index in [1.165, 1.54) is 130 Å². The van der Waals surface area contributed by atoms with Gasteiger partial charge in [-0.2, -0.15) is 0 Å². The fourth-order valence-electron chi connectivity index (χ4n) is 9.81. The quantitative estimate of drug-likeness (QED) is 0.161. The molecule has 1 heteroatoms. The molecule has 0 fully saturated rings. The Labute approximate surface area is 409 Å². The molecule has 0 aromatic heterocycles. The fraction of sp³-hybridized carbons (Fsp3) is 0.224. The minimum absolute atomic E-state index is 0.150. The average Bonchev–Trinajstić information content (AvgIpc) is 3.57. The van der Waals surface area contributed by atoms with E-state index in [1.54, 1.807) is 0 Å². The van der Waals surface area contributed by atoms with Crippen LogP contribution in [0.3, 0.4) is 0 Å². The van der Waals surface area contributed by atoms with Crippen LogP contribution in [0, 0.1) is 48.5 Å². The minimum Gasteiger partial charge on any atom is -0.310 e. The van der Waals surface area contributed by atoms with Gasteiger partial charge in [0, 0.05) is 22.5 Å². The maximum atomic E-state index is 2.47. The Morgan fingerprint density at radius 1 is 0.397 bits per heavy atom. The van der Waals surface area contributed by atoms with Gasteiger partial charge in [0.05, 0.1) is 0 Å². The average molecular weight is 890 g/mol. The second-order valence-electron chi connectivity index (χ2n) is 18.9. The van der Waals surface area contributed by atoms with E-state index >= 15 is 0 Å². The molecular weight excluding hydrogens is 819 g/mol. The first-order chi connectivity index (χ1) is 32.8. The number of benzene rings is 8. The molecule has 8 aromatic carbocycles. The van der Waals surface area contributed by atoms with Crippen molar-refractivity contribution in [3.8, 4) is 44.5 Å². The Bertz CT molecular complexity index is 3080. The monoisotopic (exact) mass is 890 g/mol. The van der Waals surface area contributed by atoms with Crippen LogP contribution in [0.5, 0.6) is 0 Å². The summed E-state index contributed by atoms with van der Waals surface area (Å²) in [5.41, 5.74) is 27.1. The van der Waals surface area contributed by atoms with Gasteiger partial charge in [-0.15, -0.1) is 0 Å². The largest absolute Gasteiger partial charge is 0.310 e. The van der Waals surface area contributed by atoms with Crippen LogP contribution in [-0.2, 0) is 5.41 Å². The van der Waals surface area contributed by atoms with Gasteiger partial charge in [0.1, 0.15) is 0 Å². The van der Waals surface area contributed by atoms with E-state index in [1.807, 2.05) is 32.0 Å². The molecule has 0 heterocycles. The van der Waals surface area contributed by atoms with Crippen molar-refractivity contribution in [2.75, 3.05) is 4.90 Å². The molecule has 68 heavy (non-hydrogen) atoms. The van der Waals surface area contributed by atoms with Gasteiger partial charge in [-0.05, 0) is 194 Å². The first-order valence-electron chi connectivity index (χ1n) is 24.7. The van der Waals surface area contributed by atoms with Crippen molar-refractivity contribution in [1.82, 2.24) is 0 Å². The Morgan fingerprint density at radius 3 is 1.56 bits per heavy atom. The number of fused-ring (bicyclic) bond motifs is 3. The van der Waals surface area contributed by atoms with Crippen LogP contribution in [0.4, 0.5) is 17.1 Å². The normalized spacial score (nSPS) is 12.7. The lowest BCUT2D eigenvalue weighted by molar-refractivity contribution is 0.660. The third kappa shape index (κ3) is 10.4. The van der Waals surface area contributed by atoms with Gasteiger partial charge in [-0.25, -0.2) is 0 Å². The van der Waals surface area contributed by atoms with Crippen LogP contribution < -0.4 is 4.90 Å². The third-order valence-corrected chi connectivity index (χ3v) is 13.6. The van der Waals surface area contributed by atoms with E-state index in [9.17, 15) is 0 Å². The van der Waals surface area contributed by atoms with E-state index < -0.39 is 0 Å². The van der Waals surface area contributed by atoms with Gasteiger partial charge in [0.25, 0.3) is 0 Å². The highest BCUT2D eigenvalue weighted by molar-refractivity contribution is 5.96. The zero-order valence-corrected chi connectivity index (χ0v) is 42.8. The molecule has 0 atom stereocenters. The zero-order chi connectivity index (χ0) is 48.5. The first-order valence-corrected chi connectivity index (χ1v) is 24.7. The molecule has 0 saturated heterocycles. The predicted octanol–water partition coefficient (Wildman–Crippen LogP) is 19.6. The number of rotatable bonds is 6. The molecule has 2 aliphatic carbocycles. The van der Waals surface area contributed by atoms with Crippen LogP contribution in [0.1, 0.15) is 97.5 Å². The van der Waals surface area contributed by atoms with Crippen molar-refractivity contribution in [2.24, 2.45) is 0 Å². The number of aryl methyl sites for hydroxylation is 7. The van der Waals surface area contributed by atoms with Crippen LogP contribution in [0.25, 0.3) is 44.5 Å². The van der Waals surface area contributed by atoms with Gasteiger partial charge >= 0.3 is 0 Å². The molecule has 0 unspecified atom stereocenters. The van der Waals surface area contributed by atoms with Gasteiger partial charge in [0.15, 0.2) is 0 Å². The van der Waals surface area contributed by atoms with E-state index in [2.05, 4.69) is 244 Å². The lowest BCUT2D eigenvalue weighted by Crippen LogP contribution is -2.17. The Balaban J connectivity index is 0.000000364. The SMILES string of the molecule is CC.CC1=CCCC=C1.Cc1ccccc1.Cc1ccccc1-c1cc(-c2ccc(N(c3ccc4c(c3)C(C)(C)c3ccc(C)c(-c5ccccc5C)c3-4)c3ccccc3C)c(C)c2)ccc1C. The molecule has 344 valence electrons. The summed E-state index contributed by atoms with van der Waals surface area (Å²) in [6.45, 7) is 26.4. The number of hydrogen-bond donors (Lipinski definition) is 0. The molecule has 10 rings (SSSR count). The topological polar surface area (TPSA) is 3.24 Å². The lowest BCUT2D eigenvalue weighted by atomic mass is 9.81. The molecule has 0 aliphatic heterocycles. The van der Waals surface area contributed by atoms with E-state index in [0.717, 1.165) is 0 Å². The second-order valence-corrected chi connectivity index (χ2v) is 18.9. The van der Waals surface area contributed by atoms with Gasteiger partial charge in [-0.3, -0.25) is 0 Å². The molecule has 0 amide bonds. The minimum atomic E-state index is -0.150. The summed E-state index contributed by atoms with van der Waals surface area (Å²) in [4.78, 5) is 2.47. The third-order valence-electron chi connectivity index (χ3n) is 13.6. The number of allylic oxidation sites excluding steroid dienone is 4. The Hall–Kier alpha value is -6.96. The van der Waals surface area contributed by atoms with E-state index in [0.29, 0.717) is 0 Å². The number of nitrogens with zero attached hydrogens (tertiary/aromatic N) is 1. The van der Waals surface area contributed by atoms with Crippen LogP contribution in [0.2, 0.25) is 0 Å². The van der Waals surface area contributed by atoms with Gasteiger partial charge < -0.3 is 4.90 Å². The summed E-state index contributed by atoms with van der Waals surface area (Å²) in [6.07, 6.45) is 9.12. The number of anilines is 3. The second kappa shape index (κ2) is 21.8. The summed E-state index contributed by atoms with van der Waals surface area (Å²) in [7, 11) is 0. The maximum Gasteiger partial charge on any atom is 0.0491 e. The molecule has 0 N–H and O–H groups in total. The van der Waals surface area contributed by atoms with Crippen LogP contribution in [0.15, 0.2) is 194 Å². The van der Waals surface area contributed by atoms with Gasteiger partial charge in [0.2, 0.25) is 0 Å². The number of hydrogen-bond acceptors (Lipinski definition) is 1. The van der Waals surface area contributed by atoms with Crippen molar-refractivity contribution in [1.29, 1.82) is 0 Å². The highest BCUT2D eigenvalue weighted by Crippen LogP contribution is 2.55. The molecule has 0 spiro atoms. The molecule has 0 bridgehead atoms. The van der Waals surface area contributed by atoms with E-state index in [-0.39, 0.29) is 5.41 Å². The van der Waals surface area contributed by atoms with Crippen molar-refractivity contribution in [3.05, 3.63) is 244 Å². The summed E-state index contributed by atoms with van der Waals surface area (Å²) >= 11 is 0. The summed E-state index contributed by atoms with van der Waals surface area (Å²) < 4.78 is 0. The molecule has 2 aliphatic rings.